The van der Waals surface area contributed by atoms with E-state index < -0.39 is 5.82 Å². The molecule has 46 heavy (non-hydrogen) atoms. The van der Waals surface area contributed by atoms with Crippen LogP contribution in [0.15, 0.2) is 30.7 Å². The fourth-order valence-corrected chi connectivity index (χ4v) is 6.98. The number of carbonyl (C=O) groups is 2. The van der Waals surface area contributed by atoms with Crippen LogP contribution in [0.4, 0.5) is 15.0 Å². The van der Waals surface area contributed by atoms with Gasteiger partial charge in [0.05, 0.1) is 30.5 Å². The first kappa shape index (κ1) is 32.4. The zero-order chi connectivity index (χ0) is 32.3. The topological polar surface area (TPSA) is 112 Å². The summed E-state index contributed by atoms with van der Waals surface area (Å²) in [5, 5.41) is 6.04. The molecule has 4 fully saturated rings. The number of halogens is 1. The predicted molar refractivity (Wildman–Crippen MR) is 173 cm³/mol. The number of ether oxygens (including phenoxy) is 2. The van der Waals surface area contributed by atoms with E-state index in [2.05, 4.69) is 30.4 Å². The van der Waals surface area contributed by atoms with Crippen LogP contribution in [0.1, 0.15) is 69.7 Å². The third-order valence-corrected chi connectivity index (χ3v) is 9.96. The van der Waals surface area contributed by atoms with Crippen LogP contribution in [0.25, 0.3) is 0 Å². The Hall–Kier alpha value is -3.51. The SMILES string of the molecule is CCN(C(=O)c1cc(F)ccc1Oc1cncnc1N1CC2(CCN(C[C@@H]3CC[C@@H](NC(=O)NCC4CC4)CO3)CC2)C1)C(C)C. The monoisotopic (exact) mass is 637 g/mol. The van der Waals surface area contributed by atoms with E-state index in [0.29, 0.717) is 30.6 Å². The molecule has 4 heterocycles. The molecular formula is C34H48FN7O4. The van der Waals surface area contributed by atoms with Gasteiger partial charge < -0.3 is 34.8 Å². The summed E-state index contributed by atoms with van der Waals surface area (Å²) in [6.07, 6.45) is 9.87. The van der Waals surface area contributed by atoms with Gasteiger partial charge in [0.1, 0.15) is 17.9 Å². The minimum atomic E-state index is -0.490. The number of nitrogens with one attached hydrogen (secondary N) is 2. The quantitative estimate of drug-likeness (QED) is 0.372. The number of benzene rings is 1. The van der Waals surface area contributed by atoms with Gasteiger partial charge in [0.25, 0.3) is 5.91 Å². The standard InChI is InChI=1S/C34H48FN7O4/c1-4-42(23(2)3)32(43)28-15-25(35)7-10-29(28)46-30-17-36-22-38-31(30)41-20-34(21-41)11-13-40(14-12-34)18-27-9-8-26(19-45-27)39-33(44)37-16-24-5-6-24/h7,10,15,17,22-24,26-27H,4-6,8-9,11-14,16,18-21H2,1-3H3,(H2,37,39,44)/t26-,27+/m1/s1. The molecule has 0 radical (unpaired) electrons. The van der Waals surface area contributed by atoms with E-state index in [-0.39, 0.29) is 46.9 Å². The van der Waals surface area contributed by atoms with Gasteiger partial charge >= 0.3 is 6.03 Å². The number of anilines is 1. The fourth-order valence-electron chi connectivity index (χ4n) is 6.98. The van der Waals surface area contributed by atoms with Crippen molar-refractivity contribution in [2.45, 2.75) is 77.5 Å². The first-order chi connectivity index (χ1) is 22.2. The number of amides is 3. The smallest absolute Gasteiger partial charge is 0.315 e. The van der Waals surface area contributed by atoms with Crippen molar-refractivity contribution in [2.24, 2.45) is 11.3 Å². The molecule has 3 amide bonds. The van der Waals surface area contributed by atoms with Crippen LogP contribution < -0.4 is 20.3 Å². The molecule has 2 atom stereocenters. The van der Waals surface area contributed by atoms with Gasteiger partial charge in [-0.1, -0.05) is 0 Å². The zero-order valence-electron chi connectivity index (χ0n) is 27.3. The highest BCUT2D eigenvalue weighted by atomic mass is 19.1. The lowest BCUT2D eigenvalue weighted by molar-refractivity contribution is -0.0313. The number of rotatable bonds is 11. The van der Waals surface area contributed by atoms with Gasteiger partial charge in [-0.15, -0.1) is 0 Å². The highest BCUT2D eigenvalue weighted by Gasteiger charge is 2.46. The van der Waals surface area contributed by atoms with Crippen LogP contribution in [0.5, 0.6) is 11.5 Å². The minimum Gasteiger partial charge on any atom is -0.451 e. The van der Waals surface area contributed by atoms with E-state index in [1.165, 1.54) is 37.4 Å². The number of hydrogen-bond donors (Lipinski definition) is 2. The van der Waals surface area contributed by atoms with Gasteiger partial charge in [-0.3, -0.25) is 4.79 Å². The Labute approximate surface area is 271 Å². The van der Waals surface area contributed by atoms with E-state index in [1.54, 1.807) is 11.1 Å². The summed E-state index contributed by atoms with van der Waals surface area (Å²) in [5.74, 6) is 1.32. The second-order valence-electron chi connectivity index (χ2n) is 13.8. The Morgan fingerprint density at radius 2 is 1.93 bits per heavy atom. The highest BCUT2D eigenvalue weighted by Crippen LogP contribution is 2.45. The van der Waals surface area contributed by atoms with E-state index in [4.69, 9.17) is 9.47 Å². The summed E-state index contributed by atoms with van der Waals surface area (Å²) >= 11 is 0. The second kappa shape index (κ2) is 14.1. The van der Waals surface area contributed by atoms with Crippen molar-refractivity contribution < 1.29 is 23.5 Å². The van der Waals surface area contributed by atoms with E-state index in [0.717, 1.165) is 65.0 Å². The molecule has 4 aliphatic rings. The van der Waals surface area contributed by atoms with Crippen molar-refractivity contribution in [1.29, 1.82) is 0 Å². The van der Waals surface area contributed by atoms with Gasteiger partial charge in [0, 0.05) is 44.2 Å². The van der Waals surface area contributed by atoms with Crippen molar-refractivity contribution in [3.8, 4) is 11.5 Å². The number of carbonyl (C=O) groups excluding carboxylic acids is 2. The van der Waals surface area contributed by atoms with Crippen LogP contribution in [0, 0.1) is 17.2 Å². The average molecular weight is 638 g/mol. The normalized spacial score (nSPS) is 22.8. The Morgan fingerprint density at radius 1 is 1.15 bits per heavy atom. The molecule has 2 aromatic rings. The molecular weight excluding hydrogens is 589 g/mol. The summed E-state index contributed by atoms with van der Waals surface area (Å²) < 4.78 is 26.7. The number of aromatic nitrogens is 2. The Morgan fingerprint density at radius 3 is 2.61 bits per heavy atom. The van der Waals surface area contributed by atoms with Gasteiger partial charge in [-0.25, -0.2) is 19.2 Å². The van der Waals surface area contributed by atoms with Crippen molar-refractivity contribution in [3.63, 3.8) is 0 Å². The molecule has 3 aliphatic heterocycles. The molecule has 1 aromatic heterocycles. The summed E-state index contributed by atoms with van der Waals surface area (Å²) in [6, 6.07) is 4.01. The van der Waals surface area contributed by atoms with Gasteiger partial charge in [-0.2, -0.15) is 0 Å². The number of hydrogen-bond acceptors (Lipinski definition) is 8. The van der Waals surface area contributed by atoms with Gasteiger partial charge in [0.2, 0.25) is 0 Å². The summed E-state index contributed by atoms with van der Waals surface area (Å²) in [5.41, 5.74) is 0.408. The van der Waals surface area contributed by atoms with Crippen LogP contribution in [0.3, 0.4) is 0 Å². The Kier molecular flexibility index (Phi) is 9.93. The fraction of sp³-hybridized carbons (Fsp3) is 0.647. The number of piperidine rings is 1. The van der Waals surface area contributed by atoms with Crippen LogP contribution >= 0.6 is 0 Å². The molecule has 250 valence electrons. The molecule has 6 rings (SSSR count). The van der Waals surface area contributed by atoms with Gasteiger partial charge in [-0.05, 0) is 96.5 Å². The van der Waals surface area contributed by atoms with Crippen molar-refractivity contribution in [1.82, 2.24) is 30.4 Å². The van der Waals surface area contributed by atoms with Gasteiger partial charge in [0.15, 0.2) is 11.6 Å². The van der Waals surface area contributed by atoms with Crippen molar-refractivity contribution in [3.05, 3.63) is 42.1 Å². The highest BCUT2D eigenvalue weighted by molar-refractivity contribution is 5.97. The Bertz CT molecular complexity index is 1370. The van der Waals surface area contributed by atoms with Crippen LogP contribution in [-0.4, -0.2) is 102 Å². The molecule has 12 heteroatoms. The maximum atomic E-state index is 14.3. The average Bonchev–Trinajstić information content (AvgIpc) is 3.86. The molecule has 1 aromatic carbocycles. The minimum absolute atomic E-state index is 0.0338. The Balaban J connectivity index is 0.987. The summed E-state index contributed by atoms with van der Waals surface area (Å²) in [6.45, 7) is 12.3. The van der Waals surface area contributed by atoms with E-state index >= 15 is 0 Å². The third-order valence-electron chi connectivity index (χ3n) is 9.96. The maximum Gasteiger partial charge on any atom is 0.315 e. The van der Waals surface area contributed by atoms with Crippen LogP contribution in [-0.2, 0) is 4.74 Å². The molecule has 2 N–H and O–H groups in total. The lowest BCUT2D eigenvalue weighted by atomic mass is 9.72. The second-order valence-corrected chi connectivity index (χ2v) is 13.8. The van der Waals surface area contributed by atoms with Crippen molar-refractivity contribution in [2.75, 3.05) is 57.3 Å². The summed E-state index contributed by atoms with van der Waals surface area (Å²) in [7, 11) is 0. The lowest BCUT2D eigenvalue weighted by Crippen LogP contribution is -2.61. The van der Waals surface area contributed by atoms with Crippen molar-refractivity contribution >= 4 is 17.8 Å². The predicted octanol–water partition coefficient (Wildman–Crippen LogP) is 4.44. The molecule has 1 aliphatic carbocycles. The zero-order valence-corrected chi connectivity index (χ0v) is 27.3. The lowest BCUT2D eigenvalue weighted by Gasteiger charge is -2.54. The van der Waals surface area contributed by atoms with E-state index in [9.17, 15) is 14.0 Å². The molecule has 0 bridgehead atoms. The number of urea groups is 1. The van der Waals surface area contributed by atoms with Crippen LogP contribution in [0.2, 0.25) is 0 Å². The molecule has 1 saturated carbocycles. The number of likely N-dealkylation sites (tertiary alicyclic amines) is 1. The summed E-state index contributed by atoms with van der Waals surface area (Å²) in [4.78, 5) is 40.6. The molecule has 1 spiro atoms. The largest absolute Gasteiger partial charge is 0.451 e. The molecule has 3 saturated heterocycles. The maximum absolute atomic E-state index is 14.3. The molecule has 0 unspecified atom stereocenters. The third kappa shape index (κ3) is 7.71. The molecule has 11 nitrogen and oxygen atoms in total. The number of nitrogens with zero attached hydrogens (tertiary/aromatic N) is 5. The first-order valence-corrected chi connectivity index (χ1v) is 16.9. The first-order valence-electron chi connectivity index (χ1n) is 16.9. The van der Waals surface area contributed by atoms with E-state index in [1.807, 2.05) is 20.8 Å².